The number of hydrogen-bond donors (Lipinski definition) is 2. The number of amides is 1. The number of methoxy groups -OCH3 is 1. The molecule has 2 heterocycles. The van der Waals surface area contributed by atoms with Gasteiger partial charge in [-0.15, -0.1) is 0 Å². The summed E-state index contributed by atoms with van der Waals surface area (Å²) in [6.07, 6.45) is 2.92. The summed E-state index contributed by atoms with van der Waals surface area (Å²) < 4.78 is 32.8. The second-order valence-electron chi connectivity index (χ2n) is 9.30. The maximum absolute atomic E-state index is 13.2. The first-order valence-corrected chi connectivity index (χ1v) is 13.5. The number of ether oxygens (including phenoxy) is 1. The summed E-state index contributed by atoms with van der Waals surface area (Å²) in [6, 6.07) is 19.1. The average Bonchev–Trinajstić information content (AvgIpc) is 3.58. The first-order valence-electron chi connectivity index (χ1n) is 12.0. The van der Waals surface area contributed by atoms with Crippen LogP contribution in [0.3, 0.4) is 0 Å². The Labute approximate surface area is 215 Å². The molecule has 5 rings (SSSR count). The average molecular weight is 514 g/mol. The number of carbonyl (C=O) groups is 1. The van der Waals surface area contributed by atoms with E-state index in [0.717, 1.165) is 30.4 Å². The van der Waals surface area contributed by atoms with Crippen LogP contribution in [0.15, 0.2) is 71.6 Å². The van der Waals surface area contributed by atoms with Crippen LogP contribution in [0, 0.1) is 0 Å². The maximum Gasteiger partial charge on any atom is 0.243 e. The van der Waals surface area contributed by atoms with Crippen LogP contribution in [-0.4, -0.2) is 55.0 Å². The highest BCUT2D eigenvalue weighted by atomic mass is 32.2. The van der Waals surface area contributed by atoms with Crippen LogP contribution < -0.4 is 10.1 Å². The van der Waals surface area contributed by atoms with Crippen molar-refractivity contribution < 1.29 is 27.3 Å². The normalized spacial score (nSPS) is 19.1. The molecule has 1 saturated heterocycles. The number of hydrogen-bond acceptors (Lipinski definition) is 6. The zero-order chi connectivity index (χ0) is 25.3. The van der Waals surface area contributed by atoms with Gasteiger partial charge < -0.3 is 15.2 Å². The minimum atomic E-state index is -3.68. The summed E-state index contributed by atoms with van der Waals surface area (Å²) >= 11 is 0. The summed E-state index contributed by atoms with van der Waals surface area (Å²) in [5, 5.41) is 12.5. The van der Waals surface area contributed by atoms with E-state index in [1.165, 1.54) is 4.31 Å². The molecule has 194 valence electrons. The van der Waals surface area contributed by atoms with Gasteiger partial charge >= 0.3 is 0 Å². The lowest BCUT2D eigenvalue weighted by molar-refractivity contribution is -0.118. The molecule has 0 bridgehead atoms. The molecule has 1 saturated carbocycles. The number of benzene rings is 2. The monoisotopic (exact) mass is 513 g/mol. The number of aliphatic hydroxyl groups is 1. The lowest BCUT2D eigenvalue weighted by Gasteiger charge is -2.22. The van der Waals surface area contributed by atoms with E-state index >= 15 is 0 Å². The van der Waals surface area contributed by atoms with Crippen LogP contribution in [0.2, 0.25) is 0 Å². The largest absolute Gasteiger partial charge is 0.497 e. The van der Waals surface area contributed by atoms with Gasteiger partial charge in [-0.2, -0.15) is 4.31 Å². The lowest BCUT2D eigenvalue weighted by atomic mass is 9.94. The van der Waals surface area contributed by atoms with Crippen LogP contribution in [0.5, 0.6) is 5.75 Å². The van der Waals surface area contributed by atoms with E-state index in [0.29, 0.717) is 30.2 Å². The van der Waals surface area contributed by atoms with Crippen molar-refractivity contribution in [1.29, 1.82) is 0 Å². The Morgan fingerprint density at radius 3 is 2.61 bits per heavy atom. The van der Waals surface area contributed by atoms with Crippen LogP contribution in [0.1, 0.15) is 35.5 Å². The third-order valence-corrected chi connectivity index (χ3v) is 9.05. The first kappa shape index (κ1) is 24.4. The molecule has 36 heavy (non-hydrogen) atoms. The second-order valence-corrected chi connectivity index (χ2v) is 11.2. The third-order valence-electron chi connectivity index (χ3n) is 7.09. The van der Waals surface area contributed by atoms with Gasteiger partial charge in [0.15, 0.2) is 0 Å². The fraction of sp³-hybridized carbons (Fsp3) is 0.333. The van der Waals surface area contributed by atoms with E-state index in [9.17, 15) is 18.3 Å². The molecule has 2 aliphatic rings. The number of aromatic nitrogens is 1. The molecule has 2 N–H and O–H groups in total. The van der Waals surface area contributed by atoms with Crippen LogP contribution >= 0.6 is 0 Å². The van der Waals surface area contributed by atoms with E-state index in [-0.39, 0.29) is 27.7 Å². The maximum atomic E-state index is 13.2. The molecule has 9 heteroatoms. The quantitative estimate of drug-likeness (QED) is 0.465. The Morgan fingerprint density at radius 1 is 1.17 bits per heavy atom. The molecule has 2 aromatic carbocycles. The Morgan fingerprint density at radius 2 is 1.92 bits per heavy atom. The van der Waals surface area contributed by atoms with E-state index in [1.807, 2.05) is 36.4 Å². The van der Waals surface area contributed by atoms with Gasteiger partial charge in [0.2, 0.25) is 15.9 Å². The van der Waals surface area contributed by atoms with Crippen molar-refractivity contribution in [3.63, 3.8) is 0 Å². The van der Waals surface area contributed by atoms with Crippen LogP contribution in [-0.2, 0) is 20.2 Å². The number of anilines is 1. The highest BCUT2D eigenvalue weighted by Gasteiger charge is 2.51. The highest BCUT2D eigenvalue weighted by molar-refractivity contribution is 7.89. The smallest absolute Gasteiger partial charge is 0.243 e. The number of sulfonamides is 1. The number of aliphatic hydroxyl groups excluding tert-OH is 1. The molecule has 1 aliphatic carbocycles. The molecular weight excluding hydrogens is 478 g/mol. The Balaban J connectivity index is 0.00000178. The SMILES string of the molecule is COc1cccc(C2(C(=O)Nc3cccc(-c4ccc(S(=O)(=O)N5CCC[C@@H]5CO)cc4)n3)CC2)c1.[HH].[HH].[HH]. The lowest BCUT2D eigenvalue weighted by Crippen LogP contribution is -2.37. The van der Waals surface area contributed by atoms with Gasteiger partial charge in [0.25, 0.3) is 0 Å². The van der Waals surface area contributed by atoms with Crippen molar-refractivity contribution in [3.05, 3.63) is 72.3 Å². The number of nitrogens with zero attached hydrogens (tertiary/aromatic N) is 2. The van der Waals surface area contributed by atoms with Gasteiger partial charge in [0, 0.05) is 22.4 Å². The van der Waals surface area contributed by atoms with E-state index in [4.69, 9.17) is 4.74 Å². The molecular formula is C27H35N3O5S. The van der Waals surface area contributed by atoms with Gasteiger partial charge in [0.1, 0.15) is 11.6 Å². The van der Waals surface area contributed by atoms with Crippen molar-refractivity contribution in [1.82, 2.24) is 9.29 Å². The number of nitrogens with one attached hydrogen (secondary N) is 1. The molecule has 1 aromatic heterocycles. The fourth-order valence-electron chi connectivity index (χ4n) is 4.83. The molecule has 2 fully saturated rings. The first-order chi connectivity index (χ1) is 17.4. The number of rotatable bonds is 8. The van der Waals surface area contributed by atoms with Gasteiger partial charge in [0.05, 0.1) is 29.7 Å². The van der Waals surface area contributed by atoms with Gasteiger partial charge in [-0.25, -0.2) is 13.4 Å². The molecule has 1 aliphatic heterocycles. The van der Waals surface area contributed by atoms with Crippen LogP contribution in [0.4, 0.5) is 5.82 Å². The molecule has 0 spiro atoms. The van der Waals surface area contributed by atoms with Crippen molar-refractivity contribution in [3.8, 4) is 17.0 Å². The fourth-order valence-corrected chi connectivity index (χ4v) is 6.52. The van der Waals surface area contributed by atoms with Gasteiger partial charge in [-0.1, -0.05) is 30.3 Å². The molecule has 8 nitrogen and oxygen atoms in total. The molecule has 0 radical (unpaired) electrons. The second kappa shape index (κ2) is 9.65. The van der Waals surface area contributed by atoms with E-state index in [1.54, 1.807) is 37.4 Å². The number of carbonyl (C=O) groups excluding carboxylic acids is 1. The Kier molecular flexibility index (Phi) is 6.55. The summed E-state index contributed by atoms with van der Waals surface area (Å²) in [5.41, 5.74) is 1.70. The summed E-state index contributed by atoms with van der Waals surface area (Å²) in [5.74, 6) is 1.05. The zero-order valence-corrected chi connectivity index (χ0v) is 20.9. The van der Waals surface area contributed by atoms with Crippen molar-refractivity contribution >= 4 is 21.7 Å². The molecule has 1 atom stereocenters. The van der Waals surface area contributed by atoms with Gasteiger partial charge in [-0.3, -0.25) is 4.79 Å². The number of pyridine rings is 1. The predicted molar refractivity (Wildman–Crippen MR) is 143 cm³/mol. The minimum absolute atomic E-state index is 0. The van der Waals surface area contributed by atoms with Crippen molar-refractivity contribution in [2.75, 3.05) is 25.6 Å². The summed E-state index contributed by atoms with van der Waals surface area (Å²) in [6.45, 7) is 0.231. The molecule has 3 aromatic rings. The topological polar surface area (TPSA) is 109 Å². The molecule has 0 unspecified atom stereocenters. The van der Waals surface area contributed by atoms with Gasteiger partial charge in [-0.05, 0) is 67.6 Å². The Hall–Kier alpha value is -3.27. The van der Waals surface area contributed by atoms with Crippen molar-refractivity contribution in [2.24, 2.45) is 0 Å². The third kappa shape index (κ3) is 4.50. The Bertz CT molecular complexity index is 1390. The van der Waals surface area contributed by atoms with E-state index in [2.05, 4.69) is 10.3 Å². The highest BCUT2D eigenvalue weighted by Crippen LogP contribution is 2.49. The predicted octanol–water partition coefficient (Wildman–Crippen LogP) is 4.31. The van der Waals surface area contributed by atoms with Crippen LogP contribution in [0.25, 0.3) is 11.3 Å². The van der Waals surface area contributed by atoms with E-state index < -0.39 is 15.4 Å². The standard InChI is InChI=1S/C27H29N3O5S.3H2/c1-35-22-7-2-5-20(17-22)27(14-15-27)26(32)29-25-9-3-8-24(28-25)19-10-12-23(13-11-19)36(33,34)30-16-4-6-21(30)18-31;;;/h2-3,5,7-13,17,21,31H,4,6,14-16,18H2,1H3,(H,28,29,32);3*1H/t21-;;;/m1.../s1. The molecule has 1 amide bonds. The summed E-state index contributed by atoms with van der Waals surface area (Å²) in [4.78, 5) is 18.0. The zero-order valence-electron chi connectivity index (χ0n) is 20.1. The van der Waals surface area contributed by atoms with Crippen molar-refractivity contribution in [2.45, 2.75) is 42.0 Å². The summed E-state index contributed by atoms with van der Waals surface area (Å²) in [7, 11) is -2.07. The minimum Gasteiger partial charge on any atom is -0.497 e.